The average Bonchev–Trinajstić information content (AvgIpc) is 2.48. The first-order valence-electron chi connectivity index (χ1n) is 7.53. The van der Waals surface area contributed by atoms with Gasteiger partial charge in [0, 0.05) is 18.8 Å². The zero-order valence-electron chi connectivity index (χ0n) is 12.1. The molecule has 0 aromatic carbocycles. The van der Waals surface area contributed by atoms with Gasteiger partial charge in [0.2, 0.25) is 0 Å². The van der Waals surface area contributed by atoms with E-state index in [-0.39, 0.29) is 11.9 Å². The second-order valence-electron chi connectivity index (χ2n) is 5.50. The first-order valence-corrected chi connectivity index (χ1v) is 7.53. The highest BCUT2D eigenvalue weighted by molar-refractivity contribution is 5.49. The number of rotatable bonds is 5. The van der Waals surface area contributed by atoms with Gasteiger partial charge >= 0.3 is 6.18 Å². The Bertz CT molecular complexity index is 442. The quantitative estimate of drug-likeness (QED) is 0.903. The number of hydrogen-bond acceptors (Lipinski definition) is 3. The number of halogens is 3. The summed E-state index contributed by atoms with van der Waals surface area (Å²) in [4.78, 5) is 5.87. The first-order chi connectivity index (χ1) is 10.0. The maximum atomic E-state index is 13.2. The lowest BCUT2D eigenvalue weighted by molar-refractivity contribution is -0.137. The van der Waals surface area contributed by atoms with Crippen LogP contribution < -0.4 is 10.6 Å². The molecule has 0 amide bonds. The minimum atomic E-state index is -4.38. The van der Waals surface area contributed by atoms with E-state index in [1.807, 2.05) is 4.90 Å². The molecule has 3 nitrogen and oxygen atoms in total. The third-order valence-electron chi connectivity index (χ3n) is 3.98. The Balaban J connectivity index is 2.31. The van der Waals surface area contributed by atoms with Crippen molar-refractivity contribution in [2.24, 2.45) is 5.73 Å². The van der Waals surface area contributed by atoms with Crippen LogP contribution in [0.4, 0.5) is 19.0 Å². The summed E-state index contributed by atoms with van der Waals surface area (Å²) in [6, 6.07) is 2.59. The van der Waals surface area contributed by atoms with E-state index in [0.29, 0.717) is 19.5 Å². The van der Waals surface area contributed by atoms with E-state index in [1.165, 1.54) is 12.3 Å². The molecular weight excluding hydrogens is 279 g/mol. The molecule has 0 aliphatic heterocycles. The summed E-state index contributed by atoms with van der Waals surface area (Å²) in [5.74, 6) is 0.0605. The second kappa shape index (κ2) is 7.11. The molecule has 0 unspecified atom stereocenters. The summed E-state index contributed by atoms with van der Waals surface area (Å²) in [5.41, 5.74) is 4.89. The maximum Gasteiger partial charge on any atom is 0.419 e. The van der Waals surface area contributed by atoms with Gasteiger partial charge in [-0.3, -0.25) is 0 Å². The van der Waals surface area contributed by atoms with Gasteiger partial charge in [0.25, 0.3) is 0 Å². The number of aromatic nitrogens is 1. The molecule has 0 radical (unpaired) electrons. The molecule has 1 aromatic rings. The van der Waals surface area contributed by atoms with Gasteiger partial charge in [-0.2, -0.15) is 13.2 Å². The lowest BCUT2D eigenvalue weighted by Crippen LogP contribution is -2.40. The van der Waals surface area contributed by atoms with Crippen LogP contribution in [-0.4, -0.2) is 24.1 Å². The normalized spacial score (nSPS) is 17.0. The molecule has 2 N–H and O–H groups in total. The van der Waals surface area contributed by atoms with Gasteiger partial charge < -0.3 is 10.6 Å². The SMILES string of the molecule is NCCCN(c1ncccc1C(F)(F)F)C1CCCCC1. The number of nitrogens with two attached hydrogens (primary N) is 1. The van der Waals surface area contributed by atoms with Crippen molar-refractivity contribution in [3.8, 4) is 0 Å². The molecule has 0 spiro atoms. The summed E-state index contributed by atoms with van der Waals surface area (Å²) in [6.45, 7) is 0.999. The van der Waals surface area contributed by atoms with E-state index >= 15 is 0 Å². The standard InChI is InChI=1S/C15H22F3N3/c16-15(17,18)13-8-4-10-20-14(13)21(11-5-9-19)12-6-2-1-3-7-12/h4,8,10,12H,1-3,5-7,9,11,19H2. The Morgan fingerprint density at radius 1 is 1.24 bits per heavy atom. The predicted octanol–water partition coefficient (Wildman–Crippen LogP) is 3.59. The fraction of sp³-hybridized carbons (Fsp3) is 0.667. The van der Waals surface area contributed by atoms with Crippen molar-refractivity contribution in [2.45, 2.75) is 50.7 Å². The third-order valence-corrected chi connectivity index (χ3v) is 3.98. The van der Waals surface area contributed by atoms with Gasteiger partial charge in [-0.1, -0.05) is 19.3 Å². The number of anilines is 1. The molecule has 0 bridgehead atoms. The first kappa shape index (κ1) is 16.1. The zero-order valence-corrected chi connectivity index (χ0v) is 12.1. The largest absolute Gasteiger partial charge is 0.419 e. The second-order valence-corrected chi connectivity index (χ2v) is 5.50. The van der Waals surface area contributed by atoms with Crippen molar-refractivity contribution in [2.75, 3.05) is 18.0 Å². The minimum Gasteiger partial charge on any atom is -0.353 e. The highest BCUT2D eigenvalue weighted by Gasteiger charge is 2.37. The molecule has 1 saturated carbocycles. The summed E-state index contributed by atoms with van der Waals surface area (Å²) < 4.78 is 39.6. The smallest absolute Gasteiger partial charge is 0.353 e. The fourth-order valence-corrected chi connectivity index (χ4v) is 2.96. The summed E-state index contributed by atoms with van der Waals surface area (Å²) in [6.07, 6.45) is 2.88. The summed E-state index contributed by atoms with van der Waals surface area (Å²) >= 11 is 0. The number of alkyl halides is 3. The minimum absolute atomic E-state index is 0.0605. The van der Waals surface area contributed by atoms with Crippen LogP contribution in [0.3, 0.4) is 0 Å². The Hall–Kier alpha value is -1.30. The lowest BCUT2D eigenvalue weighted by atomic mass is 9.93. The average molecular weight is 301 g/mol. The van der Waals surface area contributed by atoms with Crippen LogP contribution in [0.2, 0.25) is 0 Å². The van der Waals surface area contributed by atoms with Crippen LogP contribution in [0.5, 0.6) is 0 Å². The molecule has 1 fully saturated rings. The number of nitrogens with zero attached hydrogens (tertiary/aromatic N) is 2. The van der Waals surface area contributed by atoms with Crippen LogP contribution in [0, 0.1) is 0 Å². The summed E-state index contributed by atoms with van der Waals surface area (Å²) in [5, 5.41) is 0. The van der Waals surface area contributed by atoms with E-state index in [9.17, 15) is 13.2 Å². The lowest BCUT2D eigenvalue weighted by Gasteiger charge is -2.36. The van der Waals surface area contributed by atoms with Crippen LogP contribution in [-0.2, 0) is 6.18 Å². The fourth-order valence-electron chi connectivity index (χ4n) is 2.96. The Labute approximate surface area is 123 Å². The molecule has 1 aromatic heterocycles. The van der Waals surface area contributed by atoms with Gasteiger partial charge in [0.1, 0.15) is 5.82 Å². The van der Waals surface area contributed by atoms with Crippen molar-refractivity contribution in [3.05, 3.63) is 23.9 Å². The van der Waals surface area contributed by atoms with Crippen molar-refractivity contribution in [1.82, 2.24) is 4.98 Å². The van der Waals surface area contributed by atoms with Gasteiger partial charge in [-0.05, 0) is 37.9 Å². The molecule has 118 valence electrons. The van der Waals surface area contributed by atoms with Crippen molar-refractivity contribution >= 4 is 5.82 Å². The van der Waals surface area contributed by atoms with Gasteiger partial charge in [0.15, 0.2) is 0 Å². The van der Waals surface area contributed by atoms with Gasteiger partial charge in [0.05, 0.1) is 5.56 Å². The Morgan fingerprint density at radius 3 is 2.57 bits per heavy atom. The van der Waals surface area contributed by atoms with Crippen molar-refractivity contribution in [1.29, 1.82) is 0 Å². The molecule has 1 heterocycles. The molecule has 1 aliphatic rings. The number of pyridine rings is 1. The van der Waals surface area contributed by atoms with Crippen LogP contribution in [0.1, 0.15) is 44.1 Å². The summed E-state index contributed by atoms with van der Waals surface area (Å²) in [7, 11) is 0. The molecule has 1 aliphatic carbocycles. The third kappa shape index (κ3) is 4.09. The van der Waals surface area contributed by atoms with E-state index in [0.717, 1.165) is 38.2 Å². The predicted molar refractivity (Wildman–Crippen MR) is 77.1 cm³/mol. The Kier molecular flexibility index (Phi) is 5.45. The molecular formula is C15H22F3N3. The van der Waals surface area contributed by atoms with E-state index < -0.39 is 11.7 Å². The molecule has 0 saturated heterocycles. The number of hydrogen-bond donors (Lipinski definition) is 1. The molecule has 6 heteroatoms. The highest BCUT2D eigenvalue weighted by atomic mass is 19.4. The van der Waals surface area contributed by atoms with Crippen LogP contribution in [0.15, 0.2) is 18.3 Å². The van der Waals surface area contributed by atoms with Crippen LogP contribution in [0.25, 0.3) is 0 Å². The zero-order chi connectivity index (χ0) is 15.3. The molecule has 2 rings (SSSR count). The van der Waals surface area contributed by atoms with E-state index in [1.54, 1.807) is 0 Å². The van der Waals surface area contributed by atoms with Crippen molar-refractivity contribution in [3.63, 3.8) is 0 Å². The molecule has 21 heavy (non-hydrogen) atoms. The Morgan fingerprint density at radius 2 is 1.95 bits per heavy atom. The topological polar surface area (TPSA) is 42.1 Å². The van der Waals surface area contributed by atoms with Gasteiger partial charge in [-0.15, -0.1) is 0 Å². The van der Waals surface area contributed by atoms with E-state index in [2.05, 4.69) is 4.98 Å². The van der Waals surface area contributed by atoms with Crippen molar-refractivity contribution < 1.29 is 13.2 Å². The highest BCUT2D eigenvalue weighted by Crippen LogP contribution is 2.37. The maximum absolute atomic E-state index is 13.2. The monoisotopic (exact) mass is 301 g/mol. The van der Waals surface area contributed by atoms with Gasteiger partial charge in [-0.25, -0.2) is 4.98 Å². The van der Waals surface area contributed by atoms with Crippen LogP contribution >= 0.6 is 0 Å². The van der Waals surface area contributed by atoms with E-state index in [4.69, 9.17) is 5.73 Å². The molecule has 0 atom stereocenters.